The van der Waals surface area contributed by atoms with Crippen LogP contribution in [0.4, 0.5) is 0 Å². The SMILES string of the molecule is C=C/C=C(/c1ccc(C)s1)c1cc(-c2n[nH]c(=C/C)/c2=C\C(=C)C(/C=C(\C=C)NC(=C)c2ccccc2)=C/C)[nH]c1C. The maximum atomic E-state index is 4.71. The number of H-pyrrole nitrogens is 2. The lowest BCUT2D eigenvalue weighted by Gasteiger charge is -2.12. The average Bonchev–Trinajstić information content (AvgIpc) is 3.72. The third-order valence-corrected chi connectivity index (χ3v) is 7.96. The summed E-state index contributed by atoms with van der Waals surface area (Å²) < 4.78 is 0. The van der Waals surface area contributed by atoms with Gasteiger partial charge in [0.25, 0.3) is 0 Å². The summed E-state index contributed by atoms with van der Waals surface area (Å²) in [6.45, 7) is 24.8. The third kappa shape index (κ3) is 6.70. The number of allylic oxidation sites excluding steroid dienone is 7. The van der Waals surface area contributed by atoms with E-state index >= 15 is 0 Å². The second kappa shape index (κ2) is 13.7. The van der Waals surface area contributed by atoms with Crippen molar-refractivity contribution in [2.24, 2.45) is 0 Å². The first-order valence-electron chi connectivity index (χ1n) is 13.8. The highest BCUT2D eigenvalue weighted by molar-refractivity contribution is 7.13. The summed E-state index contributed by atoms with van der Waals surface area (Å²) >= 11 is 1.77. The van der Waals surface area contributed by atoms with E-state index in [1.54, 1.807) is 17.4 Å². The molecule has 3 aromatic heterocycles. The molecule has 0 saturated heterocycles. The molecule has 0 unspecified atom stereocenters. The van der Waals surface area contributed by atoms with Gasteiger partial charge in [0.2, 0.25) is 0 Å². The molecule has 0 saturated carbocycles. The van der Waals surface area contributed by atoms with Crippen molar-refractivity contribution in [3.05, 3.63) is 159 Å². The normalized spacial score (nSPS) is 13.4. The van der Waals surface area contributed by atoms with Gasteiger partial charge in [-0.2, -0.15) is 5.10 Å². The number of hydrogen-bond donors (Lipinski definition) is 3. The van der Waals surface area contributed by atoms with E-state index in [9.17, 15) is 0 Å². The molecule has 0 amide bonds. The van der Waals surface area contributed by atoms with E-state index in [0.717, 1.165) is 66.9 Å². The Morgan fingerprint density at radius 2 is 1.79 bits per heavy atom. The number of aromatic amines is 2. The minimum absolute atomic E-state index is 0.798. The van der Waals surface area contributed by atoms with Crippen molar-refractivity contribution in [1.29, 1.82) is 0 Å². The smallest absolute Gasteiger partial charge is 0.116 e. The predicted octanol–water partition coefficient (Wildman–Crippen LogP) is 8.11. The molecule has 212 valence electrons. The molecule has 5 heteroatoms. The van der Waals surface area contributed by atoms with Gasteiger partial charge in [0, 0.05) is 43.2 Å². The molecular formula is C37H38N4S. The molecule has 0 fully saturated rings. The van der Waals surface area contributed by atoms with Crippen LogP contribution in [0.5, 0.6) is 0 Å². The lowest BCUT2D eigenvalue weighted by atomic mass is 10.0. The number of benzene rings is 1. The van der Waals surface area contributed by atoms with Crippen LogP contribution >= 0.6 is 11.3 Å². The van der Waals surface area contributed by atoms with E-state index in [4.69, 9.17) is 5.10 Å². The van der Waals surface area contributed by atoms with E-state index in [0.29, 0.717) is 0 Å². The van der Waals surface area contributed by atoms with Crippen LogP contribution in [-0.4, -0.2) is 15.2 Å². The molecule has 42 heavy (non-hydrogen) atoms. The van der Waals surface area contributed by atoms with Crippen LogP contribution in [0.1, 0.15) is 40.4 Å². The van der Waals surface area contributed by atoms with Crippen LogP contribution in [0, 0.1) is 13.8 Å². The van der Waals surface area contributed by atoms with Gasteiger partial charge in [-0.3, -0.25) is 5.10 Å². The highest BCUT2D eigenvalue weighted by Crippen LogP contribution is 2.33. The number of nitrogens with one attached hydrogen (secondary N) is 3. The molecule has 0 aliphatic carbocycles. The van der Waals surface area contributed by atoms with Gasteiger partial charge in [0.15, 0.2) is 0 Å². The minimum atomic E-state index is 0.798. The molecule has 4 aromatic rings. The zero-order chi connectivity index (χ0) is 30.2. The summed E-state index contributed by atoms with van der Waals surface area (Å²) in [6.07, 6.45) is 13.9. The highest BCUT2D eigenvalue weighted by Gasteiger charge is 2.16. The molecular weight excluding hydrogens is 533 g/mol. The molecule has 0 aliphatic rings. The fraction of sp³-hybridized carbons (Fsp3) is 0.108. The lowest BCUT2D eigenvalue weighted by Crippen LogP contribution is -2.23. The maximum Gasteiger partial charge on any atom is 0.116 e. The van der Waals surface area contributed by atoms with E-state index in [2.05, 4.69) is 85.9 Å². The largest absolute Gasteiger partial charge is 0.357 e. The molecule has 0 radical (unpaired) electrons. The fourth-order valence-corrected chi connectivity index (χ4v) is 5.63. The molecule has 3 N–H and O–H groups in total. The van der Waals surface area contributed by atoms with Gasteiger partial charge < -0.3 is 10.3 Å². The van der Waals surface area contributed by atoms with Crippen LogP contribution in [0.3, 0.4) is 0 Å². The van der Waals surface area contributed by atoms with Gasteiger partial charge in [-0.05, 0) is 80.8 Å². The Hall–Kier alpha value is -4.87. The van der Waals surface area contributed by atoms with Crippen LogP contribution in [0.25, 0.3) is 34.8 Å². The van der Waals surface area contributed by atoms with Gasteiger partial charge >= 0.3 is 0 Å². The Morgan fingerprint density at radius 3 is 2.40 bits per heavy atom. The fourth-order valence-electron chi connectivity index (χ4n) is 4.72. The van der Waals surface area contributed by atoms with Crippen molar-refractivity contribution in [3.63, 3.8) is 0 Å². The van der Waals surface area contributed by atoms with E-state index in [1.807, 2.05) is 68.5 Å². The molecule has 0 aliphatic heterocycles. The summed E-state index contributed by atoms with van der Waals surface area (Å²) in [6, 6.07) is 16.5. The Bertz CT molecular complexity index is 1850. The first-order chi connectivity index (χ1) is 20.3. The monoisotopic (exact) mass is 570 g/mol. The molecule has 0 bridgehead atoms. The van der Waals surface area contributed by atoms with Gasteiger partial charge in [0.1, 0.15) is 5.69 Å². The summed E-state index contributed by atoms with van der Waals surface area (Å²) in [5, 5.41) is 13.2. The molecule has 0 spiro atoms. The van der Waals surface area contributed by atoms with Gasteiger partial charge in [-0.1, -0.05) is 81.0 Å². The van der Waals surface area contributed by atoms with Crippen molar-refractivity contribution < 1.29 is 0 Å². The molecule has 0 atom stereocenters. The summed E-state index contributed by atoms with van der Waals surface area (Å²) in [5.74, 6) is 0. The van der Waals surface area contributed by atoms with Crippen LogP contribution in [0.2, 0.25) is 0 Å². The topological polar surface area (TPSA) is 56.5 Å². The number of rotatable bonds is 11. The van der Waals surface area contributed by atoms with Crippen LogP contribution in [-0.2, 0) is 0 Å². The molecule has 3 heterocycles. The Balaban J connectivity index is 1.71. The molecule has 4 nitrogen and oxygen atoms in total. The highest BCUT2D eigenvalue weighted by atomic mass is 32.1. The standard InChI is InChI=1S/C37H38N4S/c1-9-16-31(36-20-19-25(6)42-36)32-23-35(39-27(32)8)37-33(34(12-4)40-41-37)21-24(5)28(10-2)22-30(11-3)38-26(7)29-17-14-13-15-18-29/h9-23,38-40H,1,3,5,7H2,2,4,6,8H3/b28-10+,30-22+,31-16+,33-21+,34-12+. The van der Waals surface area contributed by atoms with Crippen molar-refractivity contribution >= 4 is 34.8 Å². The van der Waals surface area contributed by atoms with E-state index in [1.165, 1.54) is 9.75 Å². The minimum Gasteiger partial charge on any atom is -0.357 e. The number of aromatic nitrogens is 3. The number of thiophene rings is 1. The summed E-state index contributed by atoms with van der Waals surface area (Å²) in [4.78, 5) is 6.05. The summed E-state index contributed by atoms with van der Waals surface area (Å²) in [7, 11) is 0. The van der Waals surface area contributed by atoms with E-state index in [-0.39, 0.29) is 0 Å². The number of hydrogen-bond acceptors (Lipinski definition) is 3. The van der Waals surface area contributed by atoms with Crippen molar-refractivity contribution in [2.45, 2.75) is 27.7 Å². The second-order valence-corrected chi connectivity index (χ2v) is 11.1. The van der Waals surface area contributed by atoms with Gasteiger partial charge in [-0.15, -0.1) is 11.3 Å². The number of aryl methyl sites for hydroxylation is 2. The van der Waals surface area contributed by atoms with Gasteiger partial charge in [0.05, 0.1) is 11.0 Å². The zero-order valence-corrected chi connectivity index (χ0v) is 25.7. The first kappa shape index (κ1) is 30.1. The van der Waals surface area contributed by atoms with Crippen molar-refractivity contribution in [1.82, 2.24) is 20.5 Å². The van der Waals surface area contributed by atoms with Gasteiger partial charge in [-0.25, -0.2) is 0 Å². The van der Waals surface area contributed by atoms with Crippen molar-refractivity contribution in [2.75, 3.05) is 0 Å². The zero-order valence-electron chi connectivity index (χ0n) is 24.8. The third-order valence-electron chi connectivity index (χ3n) is 6.92. The Kier molecular flexibility index (Phi) is 9.79. The quantitative estimate of drug-likeness (QED) is 0.160. The summed E-state index contributed by atoms with van der Waals surface area (Å²) in [5.41, 5.74) is 9.54. The molecule has 1 aromatic carbocycles. The first-order valence-corrected chi connectivity index (χ1v) is 14.6. The second-order valence-electron chi connectivity index (χ2n) is 9.82. The van der Waals surface area contributed by atoms with Crippen LogP contribution < -0.4 is 15.9 Å². The van der Waals surface area contributed by atoms with E-state index < -0.39 is 0 Å². The Morgan fingerprint density at radius 1 is 1.02 bits per heavy atom. The average molecular weight is 571 g/mol. The number of nitrogens with zero attached hydrogens (tertiary/aromatic N) is 1. The van der Waals surface area contributed by atoms with Crippen molar-refractivity contribution in [3.8, 4) is 11.4 Å². The van der Waals surface area contributed by atoms with Crippen LogP contribution in [0.15, 0.2) is 122 Å². The maximum absolute atomic E-state index is 4.71. The molecule has 4 rings (SSSR count). The predicted molar refractivity (Wildman–Crippen MR) is 183 cm³/mol. The lowest BCUT2D eigenvalue weighted by molar-refractivity contribution is 1.06. The Labute approximate surface area is 252 Å².